The highest BCUT2D eigenvalue weighted by Crippen LogP contribution is 2.03. The van der Waals surface area contributed by atoms with Crippen LogP contribution in [0.25, 0.3) is 0 Å². The number of hydrogen-bond acceptors (Lipinski definition) is 3. The Hall–Kier alpha value is 0.160. The Bertz CT molecular complexity index is 231. The van der Waals surface area contributed by atoms with Crippen molar-refractivity contribution in [2.24, 2.45) is 0 Å². The van der Waals surface area contributed by atoms with Crippen molar-refractivity contribution in [3.8, 4) is 0 Å². The number of alkyl halides is 1. The Labute approximate surface area is 90.9 Å². The largest absolute Gasteiger partial charge is 0.396 e. The van der Waals surface area contributed by atoms with Crippen molar-refractivity contribution in [2.75, 3.05) is 31.8 Å². The summed E-state index contributed by atoms with van der Waals surface area (Å²) in [6.07, 6.45) is 2.35. The van der Waals surface area contributed by atoms with E-state index < -0.39 is 10.0 Å². The molecule has 0 aromatic heterocycles. The van der Waals surface area contributed by atoms with Crippen molar-refractivity contribution in [1.29, 1.82) is 0 Å². The molecule has 4 nitrogen and oxygen atoms in total. The van der Waals surface area contributed by atoms with E-state index in [0.29, 0.717) is 6.54 Å². The molecular weight excluding hydrogens is 226 g/mol. The van der Waals surface area contributed by atoms with Gasteiger partial charge in [0.05, 0.1) is 5.75 Å². The van der Waals surface area contributed by atoms with Crippen LogP contribution in [-0.4, -0.2) is 49.7 Å². The van der Waals surface area contributed by atoms with Crippen molar-refractivity contribution in [3.05, 3.63) is 0 Å². The lowest BCUT2D eigenvalue weighted by atomic mass is 10.2. The third-order valence-corrected chi connectivity index (χ3v) is 4.21. The molecule has 0 amide bonds. The molecule has 14 heavy (non-hydrogen) atoms. The summed E-state index contributed by atoms with van der Waals surface area (Å²) in [5, 5.41) is 8.53. The Morgan fingerprint density at radius 1 is 1.29 bits per heavy atom. The van der Waals surface area contributed by atoms with Gasteiger partial charge in [-0.05, 0) is 19.3 Å². The monoisotopic (exact) mass is 243 g/mol. The fraction of sp³-hybridized carbons (Fsp3) is 1.00. The Kier molecular flexibility index (Phi) is 7.54. The minimum atomic E-state index is -3.16. The number of hydrogen-bond donors (Lipinski definition) is 1. The number of sulfonamides is 1. The molecule has 0 bridgehead atoms. The maximum absolute atomic E-state index is 11.4. The molecule has 0 aliphatic rings. The molecule has 0 saturated carbocycles. The lowest BCUT2D eigenvalue weighted by Crippen LogP contribution is -2.30. The summed E-state index contributed by atoms with van der Waals surface area (Å²) in [6, 6.07) is 0. The average Bonchev–Trinajstić information content (AvgIpc) is 2.12. The van der Waals surface area contributed by atoms with Gasteiger partial charge >= 0.3 is 0 Å². The van der Waals surface area contributed by atoms with Gasteiger partial charge in [0.25, 0.3) is 0 Å². The van der Waals surface area contributed by atoms with E-state index in [1.54, 1.807) is 7.05 Å². The van der Waals surface area contributed by atoms with Crippen LogP contribution in [0.5, 0.6) is 0 Å². The number of nitrogens with zero attached hydrogens (tertiary/aromatic N) is 1. The minimum Gasteiger partial charge on any atom is -0.396 e. The maximum Gasteiger partial charge on any atom is 0.215 e. The second-order valence-corrected chi connectivity index (χ2v) is 5.68. The molecule has 0 aliphatic heterocycles. The van der Waals surface area contributed by atoms with E-state index in [4.69, 9.17) is 16.7 Å². The van der Waals surface area contributed by atoms with Crippen LogP contribution in [0.2, 0.25) is 0 Å². The zero-order chi connectivity index (χ0) is 11.0. The third kappa shape index (κ3) is 5.80. The van der Waals surface area contributed by atoms with Crippen molar-refractivity contribution >= 4 is 21.6 Å². The summed E-state index contributed by atoms with van der Waals surface area (Å²) < 4.78 is 24.1. The summed E-state index contributed by atoms with van der Waals surface area (Å²) in [4.78, 5) is 0. The smallest absolute Gasteiger partial charge is 0.215 e. The maximum atomic E-state index is 11.4. The van der Waals surface area contributed by atoms with Gasteiger partial charge < -0.3 is 5.11 Å². The predicted molar refractivity (Wildman–Crippen MR) is 58.1 cm³/mol. The van der Waals surface area contributed by atoms with Crippen LogP contribution >= 0.6 is 11.6 Å². The second kappa shape index (κ2) is 7.45. The molecule has 86 valence electrons. The lowest BCUT2D eigenvalue weighted by Gasteiger charge is -2.15. The summed E-state index contributed by atoms with van der Waals surface area (Å²) >= 11 is 5.37. The van der Waals surface area contributed by atoms with Crippen LogP contribution in [0.4, 0.5) is 0 Å². The Morgan fingerprint density at radius 2 is 1.93 bits per heavy atom. The van der Waals surface area contributed by atoms with E-state index in [9.17, 15) is 8.42 Å². The van der Waals surface area contributed by atoms with E-state index in [0.717, 1.165) is 19.3 Å². The molecule has 0 aromatic rings. The van der Waals surface area contributed by atoms with Gasteiger partial charge in [-0.1, -0.05) is 0 Å². The molecule has 0 heterocycles. The number of aliphatic hydroxyl groups is 1. The first kappa shape index (κ1) is 14.2. The molecular formula is C8H18ClNO3S. The highest BCUT2D eigenvalue weighted by Gasteiger charge is 2.15. The summed E-state index contributed by atoms with van der Waals surface area (Å²) in [5.74, 6) is 0.119. The van der Waals surface area contributed by atoms with E-state index in [-0.39, 0.29) is 18.2 Å². The molecule has 0 radical (unpaired) electrons. The van der Waals surface area contributed by atoms with Crippen LogP contribution < -0.4 is 0 Å². The van der Waals surface area contributed by atoms with E-state index in [1.807, 2.05) is 0 Å². The summed E-state index contributed by atoms with van der Waals surface area (Å²) in [6.45, 7) is 0.664. The molecule has 0 spiro atoms. The normalized spacial score (nSPS) is 12.3. The van der Waals surface area contributed by atoms with Crippen LogP contribution in [0.1, 0.15) is 19.3 Å². The molecule has 6 heteroatoms. The number of unbranched alkanes of at least 4 members (excludes halogenated alkanes) is 2. The minimum absolute atomic E-state index is 0.00887. The molecule has 0 saturated heterocycles. The first-order chi connectivity index (χ1) is 6.54. The number of halogens is 1. The topological polar surface area (TPSA) is 57.6 Å². The van der Waals surface area contributed by atoms with Gasteiger partial charge in [0.15, 0.2) is 0 Å². The fourth-order valence-corrected chi connectivity index (χ4v) is 2.51. The van der Waals surface area contributed by atoms with Crippen LogP contribution in [0.3, 0.4) is 0 Å². The van der Waals surface area contributed by atoms with Gasteiger partial charge in [-0.3, -0.25) is 0 Å². The zero-order valence-corrected chi connectivity index (χ0v) is 10.0. The highest BCUT2D eigenvalue weighted by atomic mass is 35.5. The first-order valence-electron chi connectivity index (χ1n) is 4.65. The fourth-order valence-electron chi connectivity index (χ4n) is 1.02. The van der Waals surface area contributed by atoms with E-state index in [1.165, 1.54) is 4.31 Å². The van der Waals surface area contributed by atoms with Gasteiger partial charge in [0.2, 0.25) is 10.0 Å². The van der Waals surface area contributed by atoms with Crippen molar-refractivity contribution in [2.45, 2.75) is 19.3 Å². The molecule has 0 atom stereocenters. The van der Waals surface area contributed by atoms with Crippen LogP contribution in [0.15, 0.2) is 0 Å². The molecule has 0 rings (SSSR count). The van der Waals surface area contributed by atoms with Crippen molar-refractivity contribution < 1.29 is 13.5 Å². The quantitative estimate of drug-likeness (QED) is 0.503. The van der Waals surface area contributed by atoms with E-state index in [2.05, 4.69) is 0 Å². The van der Waals surface area contributed by atoms with E-state index >= 15 is 0 Å². The van der Waals surface area contributed by atoms with Crippen LogP contribution in [0, 0.1) is 0 Å². The van der Waals surface area contributed by atoms with Crippen molar-refractivity contribution in [3.63, 3.8) is 0 Å². The summed E-state index contributed by atoms with van der Waals surface area (Å²) in [5.41, 5.74) is 0. The molecule has 0 aromatic carbocycles. The Balaban J connectivity index is 3.78. The average molecular weight is 244 g/mol. The summed E-state index contributed by atoms with van der Waals surface area (Å²) in [7, 11) is -1.60. The van der Waals surface area contributed by atoms with Crippen LogP contribution in [-0.2, 0) is 10.0 Å². The SMILES string of the molecule is CN(CCCCCO)S(=O)(=O)CCCl. The standard InChI is InChI=1S/C8H18ClNO3S/c1-10(6-3-2-4-7-11)14(12,13)8-5-9/h11H,2-8H2,1H3. The molecule has 1 N–H and O–H groups in total. The molecule has 0 fully saturated rings. The number of aliphatic hydroxyl groups excluding tert-OH is 1. The predicted octanol–water partition coefficient (Wildman–Crippen LogP) is 0.649. The highest BCUT2D eigenvalue weighted by molar-refractivity contribution is 7.89. The Morgan fingerprint density at radius 3 is 2.43 bits per heavy atom. The van der Waals surface area contributed by atoms with Crippen molar-refractivity contribution in [1.82, 2.24) is 4.31 Å². The van der Waals surface area contributed by atoms with Gasteiger partial charge in [-0.25, -0.2) is 12.7 Å². The van der Waals surface area contributed by atoms with Gasteiger partial charge in [0.1, 0.15) is 0 Å². The molecule has 0 unspecified atom stereocenters. The third-order valence-electron chi connectivity index (χ3n) is 1.94. The first-order valence-corrected chi connectivity index (χ1v) is 6.80. The van der Waals surface area contributed by atoms with Gasteiger partial charge in [-0.2, -0.15) is 0 Å². The van der Waals surface area contributed by atoms with Gasteiger partial charge in [-0.15, -0.1) is 11.6 Å². The van der Waals surface area contributed by atoms with Gasteiger partial charge in [0, 0.05) is 26.1 Å². The molecule has 0 aliphatic carbocycles. The zero-order valence-electron chi connectivity index (χ0n) is 8.45. The number of rotatable bonds is 8. The lowest BCUT2D eigenvalue weighted by molar-refractivity contribution is 0.281. The second-order valence-electron chi connectivity index (χ2n) is 3.11.